The van der Waals surface area contributed by atoms with Crippen LogP contribution in [0.5, 0.6) is 11.5 Å². The highest BCUT2D eigenvalue weighted by Crippen LogP contribution is 2.44. The van der Waals surface area contributed by atoms with Gasteiger partial charge in [-0.1, -0.05) is 30.8 Å². The zero-order valence-corrected chi connectivity index (χ0v) is 21.3. The maximum absolute atomic E-state index is 12.7. The maximum Gasteiger partial charge on any atom is 0.412 e. The molecule has 2 aromatic rings. The molecule has 1 amide bonds. The van der Waals surface area contributed by atoms with Crippen LogP contribution in [-0.4, -0.2) is 71.0 Å². The number of fused-ring (bicyclic) bond motifs is 2. The Morgan fingerprint density at radius 1 is 0.973 bits per heavy atom. The van der Waals surface area contributed by atoms with Crippen molar-refractivity contribution in [2.45, 2.75) is 38.7 Å². The monoisotopic (exact) mass is 513 g/mol. The van der Waals surface area contributed by atoms with Crippen LogP contribution in [0, 0.1) is 0 Å². The Kier molecular flexibility index (Phi) is 9.76. The Morgan fingerprint density at radius 3 is 2.27 bits per heavy atom. The first-order valence-electron chi connectivity index (χ1n) is 12.8. The lowest BCUT2D eigenvalue weighted by atomic mass is 9.87. The first-order valence-corrected chi connectivity index (χ1v) is 12.8. The molecule has 0 bridgehead atoms. The molecule has 200 valence electrons. The molecule has 2 aromatic carbocycles. The van der Waals surface area contributed by atoms with Gasteiger partial charge in [-0.3, -0.25) is 0 Å². The molecule has 0 radical (unpaired) electrons. The minimum absolute atomic E-state index is 0.166. The minimum atomic E-state index is -0.517. The van der Waals surface area contributed by atoms with Crippen LogP contribution in [-0.2, 0) is 36.6 Å². The third-order valence-corrected chi connectivity index (χ3v) is 6.14. The summed E-state index contributed by atoms with van der Waals surface area (Å²) in [6.07, 6.45) is 3.51. The molecule has 9 nitrogen and oxygen atoms in total. The van der Waals surface area contributed by atoms with Gasteiger partial charge in [0.1, 0.15) is 30.8 Å². The summed E-state index contributed by atoms with van der Waals surface area (Å²) in [5.41, 5.74) is 2.54. The fourth-order valence-electron chi connectivity index (χ4n) is 4.23. The molecule has 4 rings (SSSR count). The number of epoxide rings is 1. The van der Waals surface area contributed by atoms with Crippen LogP contribution in [0.2, 0.25) is 0 Å². The number of carbonyl (C=O) groups is 2. The van der Waals surface area contributed by atoms with E-state index in [4.69, 9.17) is 28.4 Å². The number of hydrogen-bond acceptors (Lipinski definition) is 8. The average Bonchev–Trinajstić information content (AvgIpc) is 3.73. The second-order valence-corrected chi connectivity index (χ2v) is 9.09. The maximum atomic E-state index is 12.7. The van der Waals surface area contributed by atoms with Crippen molar-refractivity contribution in [2.75, 3.05) is 52.8 Å². The number of nitrogens with one attached hydrogen (secondary N) is 1. The van der Waals surface area contributed by atoms with Gasteiger partial charge in [-0.2, -0.15) is 0 Å². The molecule has 37 heavy (non-hydrogen) atoms. The number of hydrogen-bond donors (Lipinski definition) is 1. The Hall–Kier alpha value is -3.14. The third-order valence-electron chi connectivity index (χ3n) is 6.14. The van der Waals surface area contributed by atoms with E-state index in [9.17, 15) is 9.59 Å². The molecule has 0 aromatic heterocycles. The zero-order valence-electron chi connectivity index (χ0n) is 21.3. The largest absolute Gasteiger partial charge is 0.490 e. The smallest absolute Gasteiger partial charge is 0.412 e. The van der Waals surface area contributed by atoms with Gasteiger partial charge in [0, 0.05) is 34.0 Å². The number of rotatable bonds is 14. The summed E-state index contributed by atoms with van der Waals surface area (Å²) < 4.78 is 33.2. The summed E-state index contributed by atoms with van der Waals surface area (Å²) in [6.45, 7) is 8.16. The van der Waals surface area contributed by atoms with Gasteiger partial charge in [-0.05, 0) is 32.6 Å². The molecule has 1 saturated heterocycles. The summed E-state index contributed by atoms with van der Waals surface area (Å²) in [6, 6.07) is 7.89. The van der Waals surface area contributed by atoms with Crippen LogP contribution < -0.4 is 14.8 Å². The quantitative estimate of drug-likeness (QED) is 0.176. The molecule has 1 heterocycles. The van der Waals surface area contributed by atoms with Crippen LogP contribution in [0.4, 0.5) is 4.79 Å². The van der Waals surface area contributed by atoms with Crippen molar-refractivity contribution in [1.29, 1.82) is 0 Å². The average molecular weight is 514 g/mol. The Morgan fingerprint density at radius 2 is 1.59 bits per heavy atom. The lowest BCUT2D eigenvalue weighted by Crippen LogP contribution is -2.31. The highest BCUT2D eigenvalue weighted by atomic mass is 16.6. The normalized spacial score (nSPS) is 16.1. The van der Waals surface area contributed by atoms with Crippen molar-refractivity contribution in [2.24, 2.45) is 0 Å². The van der Waals surface area contributed by atoms with E-state index in [1.165, 1.54) is 0 Å². The van der Waals surface area contributed by atoms with Gasteiger partial charge in [0.05, 0.1) is 33.0 Å². The van der Waals surface area contributed by atoms with E-state index >= 15 is 0 Å². The van der Waals surface area contributed by atoms with Gasteiger partial charge < -0.3 is 33.7 Å². The van der Waals surface area contributed by atoms with Crippen molar-refractivity contribution in [3.8, 4) is 11.5 Å². The fraction of sp³-hybridized carbons (Fsp3) is 0.500. The predicted octanol–water partition coefficient (Wildman–Crippen LogP) is 3.74. The first kappa shape index (κ1) is 26.9. The van der Waals surface area contributed by atoms with E-state index in [2.05, 4.69) is 11.9 Å². The molecule has 1 aliphatic heterocycles. The molecular formula is C28H35NO8. The lowest BCUT2D eigenvalue weighted by molar-refractivity contribution is -0.140. The van der Waals surface area contributed by atoms with E-state index in [1.54, 1.807) is 6.92 Å². The van der Waals surface area contributed by atoms with Crippen LogP contribution in [0.15, 0.2) is 36.4 Å². The van der Waals surface area contributed by atoms with E-state index in [-0.39, 0.29) is 19.3 Å². The summed E-state index contributed by atoms with van der Waals surface area (Å²) in [7, 11) is 0. The SMILES string of the molecule is C=C(C)C(=O)OCCOCCOCCNC(=O)Oc1c2c(c(OCC3CO3)c3ccccc13)CCCC2. The first-order chi connectivity index (χ1) is 18.0. The van der Waals surface area contributed by atoms with Crippen molar-refractivity contribution in [1.82, 2.24) is 5.32 Å². The van der Waals surface area contributed by atoms with Crippen LogP contribution >= 0.6 is 0 Å². The standard InChI is InChI=1S/C28H35NO8/c1-19(2)27(30)34-16-15-33-14-13-32-12-11-29-28(31)37-26-23-9-5-3-7-21(23)25(36-18-20-17-35-20)22-8-4-6-10-24(22)26/h3,5,7,9,20H,1,4,6,8,10-18H2,2H3,(H,29,31). The molecule has 2 aliphatic rings. The number of benzene rings is 2. The van der Waals surface area contributed by atoms with E-state index in [1.807, 2.05) is 24.3 Å². The highest BCUT2D eigenvalue weighted by Gasteiger charge is 2.28. The van der Waals surface area contributed by atoms with Crippen LogP contribution in [0.1, 0.15) is 30.9 Å². The van der Waals surface area contributed by atoms with Crippen molar-refractivity contribution in [3.05, 3.63) is 47.5 Å². The summed E-state index contributed by atoms with van der Waals surface area (Å²) in [5, 5.41) is 4.58. The minimum Gasteiger partial charge on any atom is -0.490 e. The lowest BCUT2D eigenvalue weighted by Gasteiger charge is -2.25. The fourth-order valence-corrected chi connectivity index (χ4v) is 4.23. The van der Waals surface area contributed by atoms with E-state index in [0.29, 0.717) is 44.3 Å². The van der Waals surface area contributed by atoms with Crippen LogP contribution in [0.3, 0.4) is 0 Å². The van der Waals surface area contributed by atoms with E-state index < -0.39 is 12.1 Å². The number of carbonyl (C=O) groups excluding carboxylic acids is 2. The van der Waals surface area contributed by atoms with Gasteiger partial charge in [0.25, 0.3) is 0 Å². The zero-order chi connectivity index (χ0) is 26.0. The number of amides is 1. The topological polar surface area (TPSA) is 105 Å². The molecule has 1 N–H and O–H groups in total. The van der Waals surface area contributed by atoms with Crippen molar-refractivity contribution < 1.29 is 38.0 Å². The number of esters is 1. The number of ether oxygens (including phenoxy) is 6. The molecule has 0 spiro atoms. The molecular weight excluding hydrogens is 478 g/mol. The predicted molar refractivity (Wildman–Crippen MR) is 137 cm³/mol. The summed E-state index contributed by atoms with van der Waals surface area (Å²) in [5.74, 6) is 1.07. The second kappa shape index (κ2) is 13.4. The van der Waals surface area contributed by atoms with Gasteiger partial charge in [0.2, 0.25) is 0 Å². The van der Waals surface area contributed by atoms with Crippen molar-refractivity contribution >= 4 is 22.8 Å². The Labute approximate surface area is 217 Å². The van der Waals surface area contributed by atoms with Gasteiger partial charge in [-0.15, -0.1) is 0 Å². The summed E-state index contributed by atoms with van der Waals surface area (Å²) >= 11 is 0. The molecule has 0 saturated carbocycles. The Balaban J connectivity index is 1.25. The van der Waals surface area contributed by atoms with Crippen molar-refractivity contribution in [3.63, 3.8) is 0 Å². The highest BCUT2D eigenvalue weighted by molar-refractivity contribution is 5.97. The molecule has 1 unspecified atom stereocenters. The third kappa shape index (κ3) is 7.67. The molecule has 1 fully saturated rings. The molecule has 9 heteroatoms. The Bertz CT molecular complexity index is 1110. The molecule has 1 atom stereocenters. The summed E-state index contributed by atoms with van der Waals surface area (Å²) in [4.78, 5) is 23.9. The van der Waals surface area contributed by atoms with Gasteiger partial charge >= 0.3 is 12.1 Å². The van der Waals surface area contributed by atoms with E-state index in [0.717, 1.165) is 59.9 Å². The second-order valence-electron chi connectivity index (χ2n) is 9.09. The molecule has 1 aliphatic carbocycles. The van der Waals surface area contributed by atoms with Gasteiger partial charge in [0.15, 0.2) is 0 Å². The van der Waals surface area contributed by atoms with Gasteiger partial charge in [-0.25, -0.2) is 9.59 Å². The van der Waals surface area contributed by atoms with Crippen LogP contribution in [0.25, 0.3) is 10.8 Å².